The van der Waals surface area contributed by atoms with E-state index in [0.29, 0.717) is 17.6 Å². The molecule has 17 nitrogen and oxygen atoms in total. The van der Waals surface area contributed by atoms with Gasteiger partial charge in [-0.05, 0) is 6.42 Å². The molecule has 0 bridgehead atoms. The molecule has 6 heterocycles. The number of carbonyl (C=O) groups excluding carboxylic acids is 1. The minimum absolute atomic E-state index is 0.114. The molecule has 230 valence electrons. The number of hydrogen-bond donors (Lipinski definition) is 3. The molecule has 21 heteroatoms. The number of nitrogen functional groups attached to an aromatic ring is 2. The third-order valence-electron chi connectivity index (χ3n) is 7.23. The standard InChI is InChI=1S/C22H27FN10O7P2S/c23-13-16(12(5-36-41)39-22(13)33-9-31-15-18(25)27-7-29-20(15)33)40-42(35,43)37-4-11-3-10(1-2-34)21(38-11)32-8-30-14-17(24)26-6-28-19(14)32/h2,6-13,16,21-22H,1,3-5,41H2,(H,35,43)(H2,24,26,28)(H2,25,27,29)/t10-,11+,12-,13-,16-,21-,22-,42-/m1/s1. The van der Waals surface area contributed by atoms with Gasteiger partial charge < -0.3 is 30.3 Å². The zero-order valence-corrected chi connectivity index (χ0v) is 25.1. The first-order chi connectivity index (χ1) is 20.7. The van der Waals surface area contributed by atoms with Gasteiger partial charge in [0.2, 0.25) is 0 Å². The maximum absolute atomic E-state index is 15.9. The van der Waals surface area contributed by atoms with Crippen LogP contribution in [0.1, 0.15) is 25.3 Å². The number of fused-ring (bicyclic) bond motifs is 2. The van der Waals surface area contributed by atoms with Crippen LogP contribution in [0.5, 0.6) is 0 Å². The van der Waals surface area contributed by atoms with Crippen LogP contribution >= 0.6 is 28.5 Å². The quantitative estimate of drug-likeness (QED) is 0.119. The first kappa shape index (κ1) is 30.1. The van der Waals surface area contributed by atoms with E-state index in [2.05, 4.69) is 42.2 Å². The normalized spacial score (nSPS) is 29.0. The van der Waals surface area contributed by atoms with Crippen LogP contribution in [0, 0.1) is 5.92 Å². The Bertz CT molecular complexity index is 1680. The Labute approximate surface area is 250 Å². The summed E-state index contributed by atoms with van der Waals surface area (Å²) in [7, 11) is 2.05. The fourth-order valence-corrected chi connectivity index (χ4v) is 6.99. The van der Waals surface area contributed by atoms with Gasteiger partial charge in [-0.25, -0.2) is 38.9 Å². The number of nitrogens with two attached hydrogens (primary N) is 2. The van der Waals surface area contributed by atoms with E-state index in [9.17, 15) is 9.36 Å². The van der Waals surface area contributed by atoms with Crippen molar-refractivity contribution in [3.63, 3.8) is 0 Å². The van der Waals surface area contributed by atoms with Crippen molar-refractivity contribution < 1.29 is 36.8 Å². The van der Waals surface area contributed by atoms with E-state index in [1.165, 1.54) is 29.9 Å². The van der Waals surface area contributed by atoms with Crippen LogP contribution in [0.2, 0.25) is 0 Å². The molecule has 4 N–H and O–H groups in total. The lowest BCUT2D eigenvalue weighted by atomic mass is 10.0. The average Bonchev–Trinajstić information content (AvgIpc) is 3.75. The van der Waals surface area contributed by atoms with Crippen molar-refractivity contribution >= 4 is 68.8 Å². The van der Waals surface area contributed by atoms with Gasteiger partial charge in [0.15, 0.2) is 35.3 Å². The van der Waals surface area contributed by atoms with Crippen molar-refractivity contribution in [3.05, 3.63) is 25.3 Å². The summed E-state index contributed by atoms with van der Waals surface area (Å²) in [6, 6.07) is 0. The SMILES string of the molecule is Nc1ncnc2c1ncn2[C@@H]1O[C@H](CO[P@@](=O)(S)O[C@H]2[C@@H](F)[C@H](n3cnc4c(N)ncnc43)O[C@@H]2COP)C[C@H]1CC=O. The lowest BCUT2D eigenvalue weighted by molar-refractivity contribution is -0.109. The lowest BCUT2D eigenvalue weighted by Gasteiger charge is -2.23. The van der Waals surface area contributed by atoms with Crippen molar-refractivity contribution in [1.29, 1.82) is 0 Å². The van der Waals surface area contributed by atoms with Gasteiger partial charge in [-0.15, -0.1) is 0 Å². The predicted molar refractivity (Wildman–Crippen MR) is 154 cm³/mol. The van der Waals surface area contributed by atoms with Crippen molar-refractivity contribution in [2.45, 2.75) is 49.8 Å². The first-order valence-electron chi connectivity index (χ1n) is 12.9. The highest BCUT2D eigenvalue weighted by Gasteiger charge is 2.50. The Hall–Kier alpha value is -2.89. The van der Waals surface area contributed by atoms with E-state index in [-0.39, 0.29) is 48.4 Å². The van der Waals surface area contributed by atoms with E-state index in [4.69, 9.17) is 34.5 Å². The predicted octanol–water partition coefficient (Wildman–Crippen LogP) is 1.81. The number of carbonyl (C=O) groups is 1. The molecule has 0 amide bonds. The second kappa shape index (κ2) is 12.2. The fraction of sp³-hybridized carbons (Fsp3) is 0.500. The minimum Gasteiger partial charge on any atom is -0.382 e. The Morgan fingerprint density at radius 3 is 2.26 bits per heavy atom. The number of aldehydes is 1. The number of imidazole rings is 2. The first-order valence-corrected chi connectivity index (χ1v) is 16.1. The van der Waals surface area contributed by atoms with Gasteiger partial charge in [-0.2, -0.15) is 0 Å². The maximum atomic E-state index is 15.9. The zero-order valence-electron chi connectivity index (χ0n) is 22.2. The summed E-state index contributed by atoms with van der Waals surface area (Å²) in [6.07, 6.45) is -0.0588. The number of anilines is 2. The largest absolute Gasteiger partial charge is 0.386 e. The number of nitrogens with zero attached hydrogens (tertiary/aromatic N) is 8. The van der Waals surface area contributed by atoms with E-state index in [1.807, 2.05) is 9.47 Å². The molecule has 4 aromatic rings. The summed E-state index contributed by atoms with van der Waals surface area (Å²) in [5.41, 5.74) is 13.1. The molecule has 4 aromatic heterocycles. The maximum Gasteiger partial charge on any atom is 0.386 e. The molecule has 0 radical (unpaired) electrons. The van der Waals surface area contributed by atoms with Crippen LogP contribution in [-0.2, 0) is 32.4 Å². The molecular weight excluding hydrogens is 629 g/mol. The van der Waals surface area contributed by atoms with E-state index in [0.717, 1.165) is 6.29 Å². The molecule has 0 spiro atoms. The molecule has 2 aliphatic heterocycles. The summed E-state index contributed by atoms with van der Waals surface area (Å²) >= 11 is 4.10. The minimum atomic E-state index is -4.18. The van der Waals surface area contributed by atoms with Gasteiger partial charge >= 0.3 is 6.80 Å². The summed E-state index contributed by atoms with van der Waals surface area (Å²) in [6.45, 7) is -4.51. The number of aromatic nitrogens is 8. The number of alkyl halides is 1. The van der Waals surface area contributed by atoms with Crippen molar-refractivity contribution in [2.75, 3.05) is 24.7 Å². The Kier molecular flexibility index (Phi) is 8.59. The molecule has 1 unspecified atom stereocenters. The third kappa shape index (κ3) is 5.83. The van der Waals surface area contributed by atoms with Crippen molar-refractivity contribution in [1.82, 2.24) is 39.0 Å². The molecule has 2 aliphatic rings. The smallest absolute Gasteiger partial charge is 0.382 e. The van der Waals surface area contributed by atoms with E-state index < -0.39 is 43.7 Å². The summed E-state index contributed by atoms with van der Waals surface area (Å²) in [5, 5.41) is 0. The van der Waals surface area contributed by atoms with Crippen LogP contribution in [0.4, 0.5) is 16.0 Å². The number of hydrogen-bond acceptors (Lipinski definition) is 15. The number of halogens is 1. The number of thiol groups is 1. The van der Waals surface area contributed by atoms with Gasteiger partial charge in [-0.3, -0.25) is 18.2 Å². The van der Waals surface area contributed by atoms with Crippen molar-refractivity contribution in [2.24, 2.45) is 5.92 Å². The topological polar surface area (TPSA) is 220 Å². The van der Waals surface area contributed by atoms with Crippen LogP contribution in [-0.4, -0.2) is 83.0 Å². The zero-order chi connectivity index (χ0) is 30.3. The Morgan fingerprint density at radius 2 is 1.65 bits per heavy atom. The van der Waals surface area contributed by atoms with Gasteiger partial charge in [-0.1, -0.05) is 12.2 Å². The monoisotopic (exact) mass is 656 g/mol. The summed E-state index contributed by atoms with van der Waals surface area (Å²) in [5.74, 6) is 0.0500. The lowest BCUT2D eigenvalue weighted by Crippen LogP contribution is -2.33. The molecule has 6 rings (SSSR count). The van der Waals surface area contributed by atoms with Crippen LogP contribution in [0.15, 0.2) is 25.3 Å². The highest BCUT2D eigenvalue weighted by Crippen LogP contribution is 2.57. The second-order valence-corrected chi connectivity index (χ2v) is 13.1. The van der Waals surface area contributed by atoms with Crippen LogP contribution in [0.3, 0.4) is 0 Å². The van der Waals surface area contributed by atoms with Crippen LogP contribution in [0.25, 0.3) is 22.3 Å². The number of rotatable bonds is 11. The second-order valence-electron chi connectivity index (χ2n) is 9.89. The molecule has 0 aliphatic carbocycles. The third-order valence-corrected chi connectivity index (χ3v) is 9.04. The molecule has 2 fully saturated rings. The molecule has 43 heavy (non-hydrogen) atoms. The molecule has 2 saturated heterocycles. The Balaban J connectivity index is 1.15. The van der Waals surface area contributed by atoms with E-state index >= 15 is 4.39 Å². The highest BCUT2D eigenvalue weighted by atomic mass is 32.7. The van der Waals surface area contributed by atoms with Gasteiger partial charge in [0, 0.05) is 21.8 Å². The molecule has 0 aromatic carbocycles. The van der Waals surface area contributed by atoms with Crippen LogP contribution < -0.4 is 11.5 Å². The Morgan fingerprint density at radius 1 is 1.02 bits per heavy atom. The summed E-state index contributed by atoms with van der Waals surface area (Å²) < 4.78 is 60.5. The molecular formula is C22H27FN10O7P2S. The van der Waals surface area contributed by atoms with Gasteiger partial charge in [0.05, 0.1) is 32.0 Å². The van der Waals surface area contributed by atoms with Crippen molar-refractivity contribution in [3.8, 4) is 0 Å². The van der Waals surface area contributed by atoms with E-state index in [1.54, 1.807) is 4.57 Å². The fourth-order valence-electron chi connectivity index (χ4n) is 5.30. The molecule has 9 atom stereocenters. The summed E-state index contributed by atoms with van der Waals surface area (Å²) in [4.78, 5) is 36.0. The molecule has 0 saturated carbocycles. The van der Waals surface area contributed by atoms with Gasteiger partial charge in [0.25, 0.3) is 0 Å². The van der Waals surface area contributed by atoms with Gasteiger partial charge in [0.1, 0.15) is 48.4 Å². The average molecular weight is 657 g/mol. The highest BCUT2D eigenvalue weighted by molar-refractivity contribution is 8.44. The number of ether oxygens (including phenoxy) is 2.